The molecular weight excluding hydrogens is 474 g/mol. The van der Waals surface area contributed by atoms with Crippen LogP contribution in [0.5, 0.6) is 0 Å². The first kappa shape index (κ1) is 25.2. The lowest BCUT2D eigenvalue weighted by molar-refractivity contribution is 0.0694. The van der Waals surface area contributed by atoms with E-state index in [-0.39, 0.29) is 11.8 Å². The topological polar surface area (TPSA) is 74.9 Å². The molecular formula is C32H31N3O3. The lowest BCUT2D eigenvalue weighted by atomic mass is 9.93. The van der Waals surface area contributed by atoms with E-state index in [1.165, 1.54) is 0 Å². The zero-order chi connectivity index (χ0) is 26.5. The molecule has 1 aliphatic rings. The maximum absolute atomic E-state index is 13.9. The summed E-state index contributed by atoms with van der Waals surface area (Å²) in [6.07, 6.45) is 2.27. The molecule has 0 saturated heterocycles. The predicted molar refractivity (Wildman–Crippen MR) is 148 cm³/mol. The number of hydrazone groups is 1. The van der Waals surface area contributed by atoms with Crippen molar-refractivity contribution < 1.29 is 14.0 Å². The van der Waals surface area contributed by atoms with Gasteiger partial charge in [0.15, 0.2) is 5.76 Å². The summed E-state index contributed by atoms with van der Waals surface area (Å²) in [7, 11) is 0. The number of hydrogen-bond acceptors (Lipinski definition) is 4. The van der Waals surface area contributed by atoms with Gasteiger partial charge in [-0.05, 0) is 49.9 Å². The van der Waals surface area contributed by atoms with Crippen LogP contribution in [0.1, 0.15) is 67.3 Å². The Morgan fingerprint density at radius 2 is 1.53 bits per heavy atom. The number of benzene rings is 3. The fourth-order valence-electron chi connectivity index (χ4n) is 4.90. The van der Waals surface area contributed by atoms with Crippen molar-refractivity contribution in [1.82, 2.24) is 10.3 Å². The first-order valence-electron chi connectivity index (χ1n) is 12.9. The van der Waals surface area contributed by atoms with E-state index in [1.807, 2.05) is 97.6 Å². The van der Waals surface area contributed by atoms with Crippen molar-refractivity contribution in [2.24, 2.45) is 5.10 Å². The first-order chi connectivity index (χ1) is 18.5. The van der Waals surface area contributed by atoms with Crippen molar-refractivity contribution >= 4 is 17.5 Å². The summed E-state index contributed by atoms with van der Waals surface area (Å²) in [4.78, 5) is 28.4. The molecule has 0 atom stereocenters. The molecule has 2 amide bonds. The molecule has 0 spiro atoms. The predicted octanol–water partition coefficient (Wildman–Crippen LogP) is 6.21. The van der Waals surface area contributed by atoms with Crippen LogP contribution in [0, 0.1) is 13.8 Å². The second-order valence-electron chi connectivity index (χ2n) is 9.71. The fraction of sp³-hybridized carbons (Fsp3) is 0.219. The Bertz CT molecular complexity index is 1430. The summed E-state index contributed by atoms with van der Waals surface area (Å²) in [5.41, 5.74) is 8.71. The number of amides is 2. The molecule has 3 aromatic carbocycles. The molecule has 0 bridgehead atoms. The highest BCUT2D eigenvalue weighted by molar-refractivity contribution is 6.07. The van der Waals surface area contributed by atoms with Gasteiger partial charge in [-0.2, -0.15) is 5.10 Å². The van der Waals surface area contributed by atoms with Crippen LogP contribution in [0.25, 0.3) is 0 Å². The molecule has 1 N–H and O–H groups in total. The highest BCUT2D eigenvalue weighted by atomic mass is 16.4. The van der Waals surface area contributed by atoms with Gasteiger partial charge < -0.3 is 9.32 Å². The summed E-state index contributed by atoms with van der Waals surface area (Å²) >= 11 is 0. The molecule has 1 aromatic heterocycles. The molecule has 1 aliphatic carbocycles. The molecule has 0 radical (unpaired) electrons. The Hall–Kier alpha value is -4.45. The Morgan fingerprint density at radius 1 is 0.868 bits per heavy atom. The average Bonchev–Trinajstić information content (AvgIpc) is 3.29. The van der Waals surface area contributed by atoms with Crippen molar-refractivity contribution in [2.75, 3.05) is 0 Å². The van der Waals surface area contributed by atoms with E-state index in [0.29, 0.717) is 30.8 Å². The number of rotatable bonds is 7. The summed E-state index contributed by atoms with van der Waals surface area (Å²) in [6, 6.07) is 27.3. The van der Waals surface area contributed by atoms with Crippen LogP contribution < -0.4 is 5.43 Å². The quantitative estimate of drug-likeness (QED) is 0.304. The van der Waals surface area contributed by atoms with Crippen LogP contribution in [0.3, 0.4) is 0 Å². The maximum atomic E-state index is 13.9. The van der Waals surface area contributed by atoms with Gasteiger partial charge in [-0.1, -0.05) is 78.4 Å². The molecule has 0 aliphatic heterocycles. The molecule has 0 fully saturated rings. The Balaban J connectivity index is 1.43. The van der Waals surface area contributed by atoms with Gasteiger partial charge in [0.2, 0.25) is 0 Å². The van der Waals surface area contributed by atoms with Crippen molar-refractivity contribution in [3.63, 3.8) is 0 Å². The van der Waals surface area contributed by atoms with Gasteiger partial charge in [-0.25, -0.2) is 5.43 Å². The van der Waals surface area contributed by atoms with Crippen molar-refractivity contribution in [3.05, 3.63) is 130 Å². The van der Waals surface area contributed by atoms with E-state index in [0.717, 1.165) is 52.1 Å². The average molecular weight is 506 g/mol. The van der Waals surface area contributed by atoms with E-state index in [2.05, 4.69) is 10.5 Å². The molecule has 1 heterocycles. The van der Waals surface area contributed by atoms with E-state index in [9.17, 15) is 9.59 Å². The smallest absolute Gasteiger partial charge is 0.290 e. The number of carbonyl (C=O) groups is 2. The zero-order valence-corrected chi connectivity index (χ0v) is 21.7. The number of hydrogen-bond donors (Lipinski definition) is 1. The number of nitrogens with one attached hydrogen (secondary N) is 1. The minimum absolute atomic E-state index is 0.159. The standard InChI is InChI=1S/C32H31N3O3/c1-22-11-9-16-26(19-22)31(36)34-33-27-17-10-18-28-29(27)23(2)30(38-28)32(37)35(20-24-12-5-3-6-13-24)21-25-14-7-4-8-15-25/h3-9,11-16,19H,10,17-18,20-21H2,1-2H3,(H,34,36)/b33-27+. The highest BCUT2D eigenvalue weighted by Gasteiger charge is 2.30. The molecule has 6 heteroatoms. The van der Waals surface area contributed by atoms with Crippen LogP contribution in [0.4, 0.5) is 0 Å². The van der Waals surface area contributed by atoms with Gasteiger partial charge in [0.1, 0.15) is 5.76 Å². The normalized spacial score (nSPS) is 13.7. The van der Waals surface area contributed by atoms with Gasteiger partial charge in [0.25, 0.3) is 11.8 Å². The Morgan fingerprint density at radius 3 is 2.16 bits per heavy atom. The van der Waals surface area contributed by atoms with Gasteiger partial charge in [-0.3, -0.25) is 9.59 Å². The third-order valence-corrected chi connectivity index (χ3v) is 6.81. The molecule has 0 saturated carbocycles. The lowest BCUT2D eigenvalue weighted by Gasteiger charge is -2.22. The molecule has 0 unspecified atom stereocenters. The minimum atomic E-state index is -0.261. The van der Waals surface area contributed by atoms with Crippen molar-refractivity contribution in [1.29, 1.82) is 0 Å². The highest BCUT2D eigenvalue weighted by Crippen LogP contribution is 2.31. The Labute approximate surface area is 223 Å². The lowest BCUT2D eigenvalue weighted by Crippen LogP contribution is -2.30. The third kappa shape index (κ3) is 5.59. The summed E-state index contributed by atoms with van der Waals surface area (Å²) in [6.45, 7) is 4.78. The van der Waals surface area contributed by atoms with Gasteiger partial charge in [0, 0.05) is 36.2 Å². The maximum Gasteiger partial charge on any atom is 0.290 e. The number of fused-ring (bicyclic) bond motifs is 1. The molecule has 38 heavy (non-hydrogen) atoms. The van der Waals surface area contributed by atoms with E-state index in [1.54, 1.807) is 6.07 Å². The van der Waals surface area contributed by atoms with Crippen LogP contribution >= 0.6 is 0 Å². The fourth-order valence-corrected chi connectivity index (χ4v) is 4.90. The SMILES string of the molecule is Cc1cccc(C(=O)N/N=C2\CCCc3oc(C(=O)N(Cc4ccccc4)Cc4ccccc4)c(C)c32)c1. The van der Waals surface area contributed by atoms with Crippen molar-refractivity contribution in [3.8, 4) is 0 Å². The summed E-state index contributed by atoms with van der Waals surface area (Å²) in [5, 5.41) is 4.48. The van der Waals surface area contributed by atoms with Crippen LogP contribution in [0.2, 0.25) is 0 Å². The number of furan rings is 1. The van der Waals surface area contributed by atoms with E-state index < -0.39 is 0 Å². The number of carbonyl (C=O) groups excluding carboxylic acids is 2. The second kappa shape index (κ2) is 11.3. The first-order valence-corrected chi connectivity index (χ1v) is 12.9. The molecule has 192 valence electrons. The summed E-state index contributed by atoms with van der Waals surface area (Å²) < 4.78 is 6.21. The van der Waals surface area contributed by atoms with Gasteiger partial charge in [-0.15, -0.1) is 0 Å². The van der Waals surface area contributed by atoms with E-state index >= 15 is 0 Å². The van der Waals surface area contributed by atoms with Crippen LogP contribution in [0.15, 0.2) is 94.4 Å². The number of nitrogens with zero attached hydrogens (tertiary/aromatic N) is 2. The largest absolute Gasteiger partial charge is 0.455 e. The monoisotopic (exact) mass is 505 g/mol. The second-order valence-corrected chi connectivity index (χ2v) is 9.71. The molecule has 5 rings (SSSR count). The third-order valence-electron chi connectivity index (χ3n) is 6.81. The zero-order valence-electron chi connectivity index (χ0n) is 21.7. The molecule has 4 aromatic rings. The Kier molecular flexibility index (Phi) is 7.50. The van der Waals surface area contributed by atoms with Gasteiger partial charge >= 0.3 is 0 Å². The van der Waals surface area contributed by atoms with Crippen LogP contribution in [-0.2, 0) is 19.5 Å². The minimum Gasteiger partial charge on any atom is -0.455 e. The van der Waals surface area contributed by atoms with Crippen LogP contribution in [-0.4, -0.2) is 22.4 Å². The van der Waals surface area contributed by atoms with Crippen molar-refractivity contribution in [2.45, 2.75) is 46.2 Å². The molecule has 6 nitrogen and oxygen atoms in total. The number of aryl methyl sites for hydroxylation is 2. The van der Waals surface area contributed by atoms with Gasteiger partial charge in [0.05, 0.1) is 5.71 Å². The summed E-state index contributed by atoms with van der Waals surface area (Å²) in [5.74, 6) is 0.664. The van der Waals surface area contributed by atoms with E-state index in [4.69, 9.17) is 4.42 Å².